The van der Waals surface area contributed by atoms with Crippen LogP contribution in [-0.4, -0.2) is 54.4 Å². The maximum atomic E-state index is 5.76. The van der Waals surface area contributed by atoms with Gasteiger partial charge in [0.2, 0.25) is 11.7 Å². The second-order valence-electron chi connectivity index (χ2n) is 6.00. The Labute approximate surface area is 125 Å². The summed E-state index contributed by atoms with van der Waals surface area (Å²) in [4.78, 5) is 6.74. The Hall–Kier alpha value is -0.690. The number of morpholine rings is 1. The summed E-state index contributed by atoms with van der Waals surface area (Å²) in [6.45, 7) is 10.1. The quantitative estimate of drug-likeness (QED) is 0.904. The van der Waals surface area contributed by atoms with E-state index in [4.69, 9.17) is 9.26 Å². The molecule has 3 rings (SSSR count). The number of hydrogen-bond acceptors (Lipinski definition) is 6. The number of rotatable bonds is 3. The topological polar surface area (TPSA) is 63.4 Å². The van der Waals surface area contributed by atoms with Crippen molar-refractivity contribution in [3.63, 3.8) is 0 Å². The van der Waals surface area contributed by atoms with Crippen LogP contribution in [0.25, 0.3) is 0 Å². The van der Waals surface area contributed by atoms with Crippen molar-refractivity contribution in [3.05, 3.63) is 11.7 Å². The lowest BCUT2D eigenvalue weighted by Crippen LogP contribution is -2.44. The molecule has 7 heteroatoms. The predicted molar refractivity (Wildman–Crippen MR) is 77.0 cm³/mol. The Morgan fingerprint density at radius 2 is 2.35 bits per heavy atom. The van der Waals surface area contributed by atoms with Crippen LogP contribution in [0.3, 0.4) is 0 Å². The van der Waals surface area contributed by atoms with Gasteiger partial charge in [-0.3, -0.25) is 4.90 Å². The van der Waals surface area contributed by atoms with E-state index >= 15 is 0 Å². The van der Waals surface area contributed by atoms with Crippen molar-refractivity contribution in [2.45, 2.75) is 26.4 Å². The second kappa shape index (κ2) is 6.39. The average Bonchev–Trinajstić information content (AvgIpc) is 2.99. The van der Waals surface area contributed by atoms with Crippen LogP contribution < -0.4 is 5.32 Å². The lowest BCUT2D eigenvalue weighted by atomic mass is 9.89. The Morgan fingerprint density at radius 3 is 3.00 bits per heavy atom. The van der Waals surface area contributed by atoms with Crippen molar-refractivity contribution in [1.29, 1.82) is 0 Å². The van der Waals surface area contributed by atoms with E-state index < -0.39 is 0 Å². The van der Waals surface area contributed by atoms with Crippen LogP contribution >= 0.6 is 12.4 Å². The van der Waals surface area contributed by atoms with Crippen LogP contribution in [0.1, 0.15) is 31.2 Å². The standard InChI is InChI=1S/C13H22N4O2.ClH/c1-10-15-12(16-19-10)11-7-17(5-6-18-11)9-13(2)3-4-14-8-13;/h11,14H,3-9H2,1-2H3;1H. The van der Waals surface area contributed by atoms with E-state index in [1.54, 1.807) is 0 Å². The van der Waals surface area contributed by atoms with Gasteiger partial charge in [-0.2, -0.15) is 4.98 Å². The van der Waals surface area contributed by atoms with Gasteiger partial charge < -0.3 is 14.6 Å². The van der Waals surface area contributed by atoms with Crippen LogP contribution in [0.4, 0.5) is 0 Å². The zero-order valence-electron chi connectivity index (χ0n) is 12.1. The highest BCUT2D eigenvalue weighted by Crippen LogP contribution is 2.28. The van der Waals surface area contributed by atoms with E-state index in [2.05, 4.69) is 27.3 Å². The van der Waals surface area contributed by atoms with Gasteiger partial charge in [0, 0.05) is 33.1 Å². The summed E-state index contributed by atoms with van der Waals surface area (Å²) >= 11 is 0. The van der Waals surface area contributed by atoms with Crippen LogP contribution in [0, 0.1) is 12.3 Å². The highest BCUT2D eigenvalue weighted by molar-refractivity contribution is 5.85. The monoisotopic (exact) mass is 302 g/mol. The van der Waals surface area contributed by atoms with Crippen molar-refractivity contribution < 1.29 is 9.26 Å². The average molecular weight is 303 g/mol. The van der Waals surface area contributed by atoms with Gasteiger partial charge in [0.1, 0.15) is 6.10 Å². The molecule has 3 heterocycles. The van der Waals surface area contributed by atoms with Crippen molar-refractivity contribution in [2.75, 3.05) is 39.3 Å². The first-order valence-corrected chi connectivity index (χ1v) is 7.00. The molecule has 114 valence electrons. The molecule has 0 saturated carbocycles. The van der Waals surface area contributed by atoms with Crippen molar-refractivity contribution in [1.82, 2.24) is 20.4 Å². The summed E-state index contributed by atoms with van der Waals surface area (Å²) in [6.07, 6.45) is 1.19. The Bertz CT molecular complexity index is 434. The summed E-state index contributed by atoms with van der Waals surface area (Å²) in [5, 5.41) is 7.42. The highest BCUT2D eigenvalue weighted by Gasteiger charge is 2.33. The zero-order valence-corrected chi connectivity index (χ0v) is 12.9. The maximum absolute atomic E-state index is 5.76. The highest BCUT2D eigenvalue weighted by atomic mass is 35.5. The van der Waals surface area contributed by atoms with Gasteiger partial charge in [-0.05, 0) is 18.4 Å². The molecule has 6 nitrogen and oxygen atoms in total. The summed E-state index contributed by atoms with van der Waals surface area (Å²) in [5.74, 6) is 1.28. The summed E-state index contributed by atoms with van der Waals surface area (Å²) in [7, 11) is 0. The van der Waals surface area contributed by atoms with Crippen molar-refractivity contribution >= 4 is 12.4 Å². The van der Waals surface area contributed by atoms with Crippen LogP contribution in [0.5, 0.6) is 0 Å². The van der Waals surface area contributed by atoms with Gasteiger partial charge in [-0.1, -0.05) is 12.1 Å². The molecule has 2 atom stereocenters. The maximum Gasteiger partial charge on any atom is 0.223 e. The third-order valence-corrected chi connectivity index (χ3v) is 4.04. The smallest absolute Gasteiger partial charge is 0.223 e. The van der Waals surface area contributed by atoms with Gasteiger partial charge in [0.05, 0.1) is 6.61 Å². The molecule has 2 aliphatic heterocycles. The second-order valence-corrected chi connectivity index (χ2v) is 6.00. The Balaban J connectivity index is 0.00000147. The summed E-state index contributed by atoms with van der Waals surface area (Å²) in [5.41, 5.74) is 0.384. The molecule has 0 amide bonds. The number of halogens is 1. The number of aromatic nitrogens is 2. The van der Waals surface area contributed by atoms with Crippen LogP contribution in [-0.2, 0) is 4.74 Å². The van der Waals surface area contributed by atoms with Gasteiger partial charge >= 0.3 is 0 Å². The van der Waals surface area contributed by atoms with Gasteiger partial charge in [0.25, 0.3) is 0 Å². The van der Waals surface area contributed by atoms with Crippen molar-refractivity contribution in [3.8, 4) is 0 Å². The molecule has 0 aromatic carbocycles. The van der Waals surface area contributed by atoms with Crippen molar-refractivity contribution in [2.24, 2.45) is 5.41 Å². The first-order valence-electron chi connectivity index (χ1n) is 7.00. The van der Waals surface area contributed by atoms with E-state index in [9.17, 15) is 0 Å². The molecule has 0 bridgehead atoms. The SMILES string of the molecule is Cc1nc(C2CN(CC3(C)CCNC3)CCO2)no1.Cl. The molecule has 0 spiro atoms. The minimum absolute atomic E-state index is 0. The molecule has 2 aliphatic rings. The molecule has 2 saturated heterocycles. The molecular formula is C13H23ClN4O2. The molecule has 0 aliphatic carbocycles. The largest absolute Gasteiger partial charge is 0.367 e. The molecule has 2 fully saturated rings. The van der Waals surface area contributed by atoms with E-state index in [0.717, 1.165) is 39.3 Å². The third kappa shape index (κ3) is 3.49. The predicted octanol–water partition coefficient (Wildman–Crippen LogP) is 1.17. The minimum Gasteiger partial charge on any atom is -0.367 e. The normalized spacial score (nSPS) is 31.2. The van der Waals surface area contributed by atoms with E-state index in [0.29, 0.717) is 17.1 Å². The number of nitrogens with one attached hydrogen (secondary N) is 1. The number of nitrogens with zero attached hydrogens (tertiary/aromatic N) is 3. The lowest BCUT2D eigenvalue weighted by Gasteiger charge is -2.36. The fourth-order valence-electron chi connectivity index (χ4n) is 2.99. The third-order valence-electron chi connectivity index (χ3n) is 4.04. The van der Waals surface area contributed by atoms with E-state index in [-0.39, 0.29) is 18.5 Å². The molecular weight excluding hydrogens is 280 g/mol. The van der Waals surface area contributed by atoms with E-state index in [1.165, 1.54) is 6.42 Å². The Morgan fingerprint density at radius 1 is 1.50 bits per heavy atom. The molecule has 2 unspecified atom stereocenters. The summed E-state index contributed by atoms with van der Waals surface area (Å²) in [6, 6.07) is 0. The minimum atomic E-state index is -0.0517. The number of aryl methyl sites for hydroxylation is 1. The summed E-state index contributed by atoms with van der Waals surface area (Å²) < 4.78 is 10.8. The van der Waals surface area contributed by atoms with Gasteiger partial charge in [-0.15, -0.1) is 12.4 Å². The van der Waals surface area contributed by atoms with Crippen LogP contribution in [0.15, 0.2) is 4.52 Å². The van der Waals surface area contributed by atoms with E-state index in [1.807, 2.05) is 6.92 Å². The lowest BCUT2D eigenvalue weighted by molar-refractivity contribution is -0.0448. The molecule has 1 N–H and O–H groups in total. The van der Waals surface area contributed by atoms with Crippen LogP contribution in [0.2, 0.25) is 0 Å². The molecule has 20 heavy (non-hydrogen) atoms. The fraction of sp³-hybridized carbons (Fsp3) is 0.846. The number of hydrogen-bond donors (Lipinski definition) is 1. The first kappa shape index (κ1) is 15.7. The van der Waals surface area contributed by atoms with Gasteiger partial charge in [-0.25, -0.2) is 0 Å². The Kier molecular flexibility index (Phi) is 5.01. The molecule has 0 radical (unpaired) electrons. The zero-order chi connectivity index (χ0) is 13.3. The molecule has 1 aromatic heterocycles. The molecule has 1 aromatic rings. The first-order chi connectivity index (χ1) is 9.15. The fourth-order valence-corrected chi connectivity index (χ4v) is 2.99. The van der Waals surface area contributed by atoms with Gasteiger partial charge in [0.15, 0.2) is 0 Å². The number of ether oxygens (including phenoxy) is 1.